The number of hydrogen-bond donors (Lipinski definition) is 3. The third-order valence-electron chi connectivity index (χ3n) is 6.34. The van der Waals surface area contributed by atoms with Gasteiger partial charge in [-0.2, -0.15) is 0 Å². The normalized spacial score (nSPS) is 20.2. The van der Waals surface area contributed by atoms with Gasteiger partial charge in [0.15, 0.2) is 0 Å². The number of anilines is 1. The van der Waals surface area contributed by atoms with Gasteiger partial charge in [-0.25, -0.2) is 4.79 Å². The van der Waals surface area contributed by atoms with E-state index in [1.165, 1.54) is 11.1 Å². The number of amides is 4. The van der Waals surface area contributed by atoms with Gasteiger partial charge in [-0.05, 0) is 74.9 Å². The highest BCUT2D eigenvalue weighted by atomic mass is 16.2. The fourth-order valence-corrected chi connectivity index (χ4v) is 4.51. The zero-order valence-corrected chi connectivity index (χ0v) is 19.0. The number of hydrogen-bond acceptors (Lipinski definition) is 3. The van der Waals surface area contributed by atoms with Gasteiger partial charge in [0.1, 0.15) is 6.04 Å². The Labute approximate surface area is 188 Å². The zero-order valence-electron chi connectivity index (χ0n) is 19.0. The third-order valence-corrected chi connectivity index (χ3v) is 6.34. The summed E-state index contributed by atoms with van der Waals surface area (Å²) in [5.41, 5.74) is 5.42. The second-order valence-corrected chi connectivity index (χ2v) is 9.01. The second kappa shape index (κ2) is 8.65. The van der Waals surface area contributed by atoms with Crippen LogP contribution < -0.4 is 16.0 Å². The van der Waals surface area contributed by atoms with Crippen molar-refractivity contribution in [3.8, 4) is 11.1 Å². The predicted molar refractivity (Wildman–Crippen MR) is 125 cm³/mol. The van der Waals surface area contributed by atoms with Crippen molar-refractivity contribution in [1.82, 2.24) is 15.5 Å². The standard InChI is InChI=1S/C25H30N4O3/c1-14(2)26-25(32)27-18-10-11-29-22(13-18)23(30)28-21-9-8-17(12-20(21)24(29)31)19-7-5-6-15(3)16(19)4/h5-9,12,14,18,22H,10-11,13H2,1-4H3,(H,28,30)(H2,26,27,32)/t18-,22-/m0/s1. The summed E-state index contributed by atoms with van der Waals surface area (Å²) in [4.78, 5) is 40.2. The lowest BCUT2D eigenvalue weighted by Gasteiger charge is -2.37. The van der Waals surface area contributed by atoms with Crippen molar-refractivity contribution in [3.05, 3.63) is 53.1 Å². The van der Waals surface area contributed by atoms with Crippen LogP contribution in [-0.4, -0.2) is 47.4 Å². The third kappa shape index (κ3) is 4.20. The summed E-state index contributed by atoms with van der Waals surface area (Å²) in [6.45, 7) is 8.34. The number of carbonyl (C=O) groups excluding carboxylic acids is 3. The molecule has 4 rings (SSSR count). The van der Waals surface area contributed by atoms with E-state index in [4.69, 9.17) is 0 Å². The van der Waals surface area contributed by atoms with Gasteiger partial charge in [-0.1, -0.05) is 24.3 Å². The molecular formula is C25H30N4O3. The van der Waals surface area contributed by atoms with Gasteiger partial charge in [-0.15, -0.1) is 0 Å². The Morgan fingerprint density at radius 1 is 1.12 bits per heavy atom. The molecule has 7 nitrogen and oxygen atoms in total. The number of nitrogens with zero attached hydrogens (tertiary/aromatic N) is 1. The van der Waals surface area contributed by atoms with E-state index in [0.717, 1.165) is 11.1 Å². The van der Waals surface area contributed by atoms with Crippen LogP contribution in [0.3, 0.4) is 0 Å². The molecule has 2 aliphatic rings. The van der Waals surface area contributed by atoms with Crippen molar-refractivity contribution in [1.29, 1.82) is 0 Å². The number of nitrogens with one attached hydrogen (secondary N) is 3. The van der Waals surface area contributed by atoms with E-state index >= 15 is 0 Å². The lowest BCUT2D eigenvalue weighted by Crippen LogP contribution is -2.56. The Balaban J connectivity index is 1.59. The van der Waals surface area contributed by atoms with Crippen LogP contribution in [0, 0.1) is 13.8 Å². The quantitative estimate of drug-likeness (QED) is 0.689. The summed E-state index contributed by atoms with van der Waals surface area (Å²) in [6.07, 6.45) is 0.994. The van der Waals surface area contributed by atoms with Crippen LogP contribution in [-0.2, 0) is 4.79 Å². The van der Waals surface area contributed by atoms with E-state index in [1.807, 2.05) is 44.2 Å². The molecule has 0 spiro atoms. The van der Waals surface area contributed by atoms with E-state index in [9.17, 15) is 14.4 Å². The summed E-state index contributed by atoms with van der Waals surface area (Å²) in [6, 6.07) is 10.8. The van der Waals surface area contributed by atoms with Gasteiger partial charge in [0, 0.05) is 18.6 Å². The molecule has 3 N–H and O–H groups in total. The molecular weight excluding hydrogens is 404 g/mol. The van der Waals surface area contributed by atoms with Crippen LogP contribution in [0.1, 0.15) is 48.2 Å². The molecule has 168 valence electrons. The van der Waals surface area contributed by atoms with Gasteiger partial charge in [-0.3, -0.25) is 9.59 Å². The number of urea groups is 1. The Kier molecular flexibility index (Phi) is 5.91. The summed E-state index contributed by atoms with van der Waals surface area (Å²) in [5, 5.41) is 8.67. The Bertz CT molecular complexity index is 1080. The maximum Gasteiger partial charge on any atom is 0.315 e. The van der Waals surface area contributed by atoms with E-state index in [1.54, 1.807) is 4.90 Å². The van der Waals surface area contributed by atoms with Crippen LogP contribution in [0.25, 0.3) is 11.1 Å². The first-order chi connectivity index (χ1) is 15.2. The molecule has 7 heteroatoms. The SMILES string of the molecule is Cc1cccc(-c2ccc3c(c2)C(=O)N2CC[C@H](NC(=O)NC(C)C)C[C@H]2C(=O)N3)c1C. The smallest absolute Gasteiger partial charge is 0.315 e. The number of aryl methyl sites for hydroxylation is 1. The highest BCUT2D eigenvalue weighted by Crippen LogP contribution is 2.33. The summed E-state index contributed by atoms with van der Waals surface area (Å²) >= 11 is 0. The van der Waals surface area contributed by atoms with Gasteiger partial charge >= 0.3 is 6.03 Å². The van der Waals surface area contributed by atoms with E-state index < -0.39 is 6.04 Å². The minimum absolute atomic E-state index is 0.0265. The molecule has 2 aliphatic heterocycles. The van der Waals surface area contributed by atoms with Gasteiger partial charge in [0.05, 0.1) is 11.3 Å². The molecule has 4 amide bonds. The van der Waals surface area contributed by atoms with Crippen LogP contribution in [0.15, 0.2) is 36.4 Å². The van der Waals surface area contributed by atoms with Crippen molar-refractivity contribution >= 4 is 23.5 Å². The number of carbonyl (C=O) groups is 3. The molecule has 2 aromatic rings. The highest BCUT2D eigenvalue weighted by molar-refractivity contribution is 6.10. The molecule has 2 atom stereocenters. The lowest BCUT2D eigenvalue weighted by atomic mass is 9.94. The molecule has 0 radical (unpaired) electrons. The molecule has 0 aromatic heterocycles. The molecule has 0 aliphatic carbocycles. The van der Waals surface area contributed by atoms with Crippen molar-refractivity contribution in [2.75, 3.05) is 11.9 Å². The Hall–Kier alpha value is -3.35. The molecule has 1 saturated heterocycles. The molecule has 0 saturated carbocycles. The Morgan fingerprint density at radius 2 is 1.91 bits per heavy atom. The first-order valence-corrected chi connectivity index (χ1v) is 11.1. The zero-order chi connectivity index (χ0) is 23.0. The van der Waals surface area contributed by atoms with Crippen LogP contribution >= 0.6 is 0 Å². The van der Waals surface area contributed by atoms with Crippen molar-refractivity contribution < 1.29 is 14.4 Å². The summed E-state index contributed by atoms with van der Waals surface area (Å²) in [7, 11) is 0. The number of benzene rings is 2. The minimum atomic E-state index is -0.614. The van der Waals surface area contributed by atoms with E-state index in [-0.39, 0.29) is 29.9 Å². The minimum Gasteiger partial charge on any atom is -0.336 e. The summed E-state index contributed by atoms with van der Waals surface area (Å²) < 4.78 is 0. The van der Waals surface area contributed by atoms with Gasteiger partial charge in [0.2, 0.25) is 5.91 Å². The first-order valence-electron chi connectivity index (χ1n) is 11.1. The lowest BCUT2D eigenvalue weighted by molar-refractivity contribution is -0.121. The van der Waals surface area contributed by atoms with Crippen molar-refractivity contribution in [2.24, 2.45) is 0 Å². The van der Waals surface area contributed by atoms with Crippen molar-refractivity contribution in [2.45, 2.75) is 58.7 Å². The molecule has 0 bridgehead atoms. The highest BCUT2D eigenvalue weighted by Gasteiger charge is 2.40. The van der Waals surface area contributed by atoms with Crippen LogP contribution in [0.4, 0.5) is 10.5 Å². The van der Waals surface area contributed by atoms with E-state index in [2.05, 4.69) is 35.9 Å². The van der Waals surface area contributed by atoms with E-state index in [0.29, 0.717) is 30.6 Å². The molecule has 0 unspecified atom stereocenters. The second-order valence-electron chi connectivity index (χ2n) is 9.01. The van der Waals surface area contributed by atoms with Crippen LogP contribution in [0.5, 0.6) is 0 Å². The molecule has 32 heavy (non-hydrogen) atoms. The fourth-order valence-electron chi connectivity index (χ4n) is 4.51. The van der Waals surface area contributed by atoms with Crippen LogP contribution in [0.2, 0.25) is 0 Å². The van der Waals surface area contributed by atoms with Gasteiger partial charge < -0.3 is 20.9 Å². The predicted octanol–water partition coefficient (Wildman–Crippen LogP) is 3.60. The summed E-state index contributed by atoms with van der Waals surface area (Å²) in [5.74, 6) is -0.368. The monoisotopic (exact) mass is 434 g/mol. The molecule has 2 aromatic carbocycles. The maximum atomic E-state index is 13.5. The Morgan fingerprint density at radius 3 is 2.66 bits per heavy atom. The van der Waals surface area contributed by atoms with Crippen molar-refractivity contribution in [3.63, 3.8) is 0 Å². The average molecular weight is 435 g/mol. The maximum absolute atomic E-state index is 13.5. The average Bonchev–Trinajstić information content (AvgIpc) is 2.84. The fraction of sp³-hybridized carbons (Fsp3) is 0.400. The largest absolute Gasteiger partial charge is 0.336 e. The molecule has 1 fully saturated rings. The van der Waals surface area contributed by atoms with Gasteiger partial charge in [0.25, 0.3) is 5.91 Å². The molecule has 2 heterocycles. The number of rotatable bonds is 3. The number of piperidine rings is 1. The number of fused-ring (bicyclic) bond motifs is 2. The first kappa shape index (κ1) is 21.9. The topological polar surface area (TPSA) is 90.5 Å².